The van der Waals surface area contributed by atoms with Crippen molar-refractivity contribution in [2.45, 2.75) is 39.0 Å². The quantitative estimate of drug-likeness (QED) is 0.678. The van der Waals surface area contributed by atoms with E-state index in [2.05, 4.69) is 30.2 Å². The maximum absolute atomic E-state index is 9.56. The van der Waals surface area contributed by atoms with Crippen molar-refractivity contribution >= 4 is 0 Å². The molecule has 1 aromatic heterocycles. The summed E-state index contributed by atoms with van der Waals surface area (Å²) in [6.45, 7) is 5.09. The molecule has 3 nitrogen and oxygen atoms in total. The van der Waals surface area contributed by atoms with Crippen LogP contribution in [0.25, 0.3) is 0 Å². The molecule has 1 aliphatic carbocycles. The highest BCUT2D eigenvalue weighted by Crippen LogP contribution is 2.40. The first kappa shape index (κ1) is 9.74. The molecule has 2 unspecified atom stereocenters. The smallest absolute Gasteiger partial charge is 0.0621 e. The predicted octanol–water partition coefficient (Wildman–Crippen LogP) is 1.26. The zero-order chi connectivity index (χ0) is 10.2. The van der Waals surface area contributed by atoms with Gasteiger partial charge >= 0.3 is 0 Å². The summed E-state index contributed by atoms with van der Waals surface area (Å²) in [4.78, 5) is 3.03. The maximum Gasteiger partial charge on any atom is 0.0621 e. The average molecular weight is 194 g/mol. The van der Waals surface area contributed by atoms with Gasteiger partial charge in [0, 0.05) is 30.4 Å². The van der Waals surface area contributed by atoms with Gasteiger partial charge in [-0.2, -0.15) is 0 Å². The Hall–Kier alpha value is -0.800. The van der Waals surface area contributed by atoms with E-state index >= 15 is 0 Å². The number of aliphatic hydroxyl groups is 1. The van der Waals surface area contributed by atoms with Crippen LogP contribution in [0.15, 0.2) is 18.5 Å². The molecule has 1 aliphatic rings. The number of hydrogen-bond acceptors (Lipinski definition) is 2. The number of aromatic nitrogens is 1. The monoisotopic (exact) mass is 194 g/mol. The van der Waals surface area contributed by atoms with Crippen LogP contribution in [0.1, 0.15) is 25.8 Å². The first-order chi connectivity index (χ1) is 6.60. The fraction of sp³-hybridized carbons (Fsp3) is 0.636. The maximum atomic E-state index is 9.56. The van der Waals surface area contributed by atoms with Crippen LogP contribution >= 0.6 is 0 Å². The van der Waals surface area contributed by atoms with E-state index < -0.39 is 0 Å². The molecule has 0 bridgehead atoms. The standard InChI is InChI=1S/C11H18N2O/c1-11(2)9(5-10(11)14)13-7-8-3-4-12-6-8/h3-4,6,9-10,12-14H,5,7H2,1-2H3. The average Bonchev–Trinajstić information content (AvgIpc) is 2.64. The number of hydrogen-bond donors (Lipinski definition) is 3. The van der Waals surface area contributed by atoms with Crippen molar-refractivity contribution in [3.05, 3.63) is 24.0 Å². The lowest BCUT2D eigenvalue weighted by Gasteiger charge is -2.49. The summed E-state index contributed by atoms with van der Waals surface area (Å²) < 4.78 is 0. The lowest BCUT2D eigenvalue weighted by Crippen LogP contribution is -2.59. The lowest BCUT2D eigenvalue weighted by molar-refractivity contribution is -0.0729. The molecule has 1 heterocycles. The van der Waals surface area contributed by atoms with Gasteiger partial charge in [-0.3, -0.25) is 0 Å². The fourth-order valence-corrected chi connectivity index (χ4v) is 1.96. The Morgan fingerprint density at radius 2 is 2.43 bits per heavy atom. The van der Waals surface area contributed by atoms with E-state index in [-0.39, 0.29) is 11.5 Å². The molecule has 0 radical (unpaired) electrons. The van der Waals surface area contributed by atoms with Crippen molar-refractivity contribution in [2.24, 2.45) is 5.41 Å². The van der Waals surface area contributed by atoms with Gasteiger partial charge < -0.3 is 15.4 Å². The largest absolute Gasteiger partial charge is 0.392 e. The van der Waals surface area contributed by atoms with Crippen LogP contribution in [0, 0.1) is 5.41 Å². The summed E-state index contributed by atoms with van der Waals surface area (Å²) in [5.74, 6) is 0. The van der Waals surface area contributed by atoms with Gasteiger partial charge in [-0.1, -0.05) is 13.8 Å². The van der Waals surface area contributed by atoms with Gasteiger partial charge in [0.1, 0.15) is 0 Å². The summed E-state index contributed by atoms with van der Waals surface area (Å²) in [5.41, 5.74) is 1.29. The Labute approximate surface area is 84.5 Å². The molecule has 0 aliphatic heterocycles. The van der Waals surface area contributed by atoms with Gasteiger partial charge in [-0.25, -0.2) is 0 Å². The molecule has 2 rings (SSSR count). The lowest BCUT2D eigenvalue weighted by atomic mass is 9.64. The van der Waals surface area contributed by atoms with E-state index in [4.69, 9.17) is 0 Å². The van der Waals surface area contributed by atoms with Crippen LogP contribution in [0.2, 0.25) is 0 Å². The Morgan fingerprint density at radius 3 is 2.93 bits per heavy atom. The molecule has 2 atom stereocenters. The molecular weight excluding hydrogens is 176 g/mol. The van der Waals surface area contributed by atoms with Crippen molar-refractivity contribution in [1.82, 2.24) is 10.3 Å². The van der Waals surface area contributed by atoms with Gasteiger partial charge in [0.25, 0.3) is 0 Å². The van der Waals surface area contributed by atoms with Crippen molar-refractivity contribution in [3.8, 4) is 0 Å². The minimum atomic E-state index is -0.147. The van der Waals surface area contributed by atoms with Crippen LogP contribution in [-0.4, -0.2) is 22.2 Å². The fourth-order valence-electron chi connectivity index (χ4n) is 1.96. The third-order valence-corrected chi connectivity index (χ3v) is 3.43. The third kappa shape index (κ3) is 1.57. The highest BCUT2D eigenvalue weighted by Gasteiger charge is 2.46. The van der Waals surface area contributed by atoms with Crippen LogP contribution in [0.4, 0.5) is 0 Å². The Morgan fingerprint density at radius 1 is 1.64 bits per heavy atom. The van der Waals surface area contributed by atoms with Gasteiger partial charge in [-0.05, 0) is 18.1 Å². The van der Waals surface area contributed by atoms with Crippen LogP contribution in [-0.2, 0) is 6.54 Å². The van der Waals surface area contributed by atoms with Gasteiger partial charge in [0.15, 0.2) is 0 Å². The molecule has 3 heteroatoms. The van der Waals surface area contributed by atoms with Crippen molar-refractivity contribution in [1.29, 1.82) is 0 Å². The summed E-state index contributed by atoms with van der Waals surface area (Å²) in [7, 11) is 0. The third-order valence-electron chi connectivity index (χ3n) is 3.43. The minimum absolute atomic E-state index is 0.0241. The van der Waals surface area contributed by atoms with Crippen LogP contribution < -0.4 is 5.32 Å². The van der Waals surface area contributed by atoms with Crippen LogP contribution in [0.3, 0.4) is 0 Å². The Kier molecular flexibility index (Phi) is 2.37. The highest BCUT2D eigenvalue weighted by molar-refractivity contribution is 5.09. The van der Waals surface area contributed by atoms with E-state index in [1.165, 1.54) is 5.56 Å². The van der Waals surface area contributed by atoms with E-state index in [0.717, 1.165) is 13.0 Å². The van der Waals surface area contributed by atoms with Crippen molar-refractivity contribution in [3.63, 3.8) is 0 Å². The first-order valence-corrected chi connectivity index (χ1v) is 5.14. The number of nitrogens with one attached hydrogen (secondary N) is 2. The molecule has 1 fully saturated rings. The zero-order valence-electron chi connectivity index (χ0n) is 8.75. The molecule has 1 saturated carbocycles. The second-order valence-electron chi connectivity index (χ2n) is 4.73. The topological polar surface area (TPSA) is 48.0 Å². The number of H-pyrrole nitrogens is 1. The molecule has 0 amide bonds. The Balaban J connectivity index is 1.83. The number of rotatable bonds is 3. The first-order valence-electron chi connectivity index (χ1n) is 5.14. The molecule has 78 valence electrons. The highest BCUT2D eigenvalue weighted by atomic mass is 16.3. The Bertz CT molecular complexity index is 292. The molecule has 14 heavy (non-hydrogen) atoms. The zero-order valence-corrected chi connectivity index (χ0v) is 8.75. The van der Waals surface area contributed by atoms with E-state index in [9.17, 15) is 5.11 Å². The summed E-state index contributed by atoms with van der Waals surface area (Å²) in [5, 5.41) is 13.0. The SMILES string of the molecule is CC1(C)C(O)CC1NCc1cc[nH]c1. The summed E-state index contributed by atoms with van der Waals surface area (Å²) >= 11 is 0. The summed E-state index contributed by atoms with van der Waals surface area (Å²) in [6, 6.07) is 2.50. The van der Waals surface area contributed by atoms with E-state index in [1.807, 2.05) is 12.4 Å². The number of aromatic amines is 1. The molecular formula is C11H18N2O. The number of aliphatic hydroxyl groups excluding tert-OH is 1. The minimum Gasteiger partial charge on any atom is -0.392 e. The summed E-state index contributed by atoms with van der Waals surface area (Å²) in [6.07, 6.45) is 4.65. The normalized spacial score (nSPS) is 29.9. The van der Waals surface area contributed by atoms with Crippen LogP contribution in [0.5, 0.6) is 0 Å². The molecule has 0 spiro atoms. The van der Waals surface area contributed by atoms with Crippen molar-refractivity contribution < 1.29 is 5.11 Å². The molecule has 0 saturated heterocycles. The second kappa shape index (κ2) is 3.41. The van der Waals surface area contributed by atoms with E-state index in [1.54, 1.807) is 0 Å². The van der Waals surface area contributed by atoms with E-state index in [0.29, 0.717) is 6.04 Å². The molecule has 0 aromatic carbocycles. The molecule has 3 N–H and O–H groups in total. The second-order valence-corrected chi connectivity index (χ2v) is 4.73. The van der Waals surface area contributed by atoms with Gasteiger partial charge in [0.05, 0.1) is 6.10 Å². The predicted molar refractivity (Wildman–Crippen MR) is 55.8 cm³/mol. The van der Waals surface area contributed by atoms with Gasteiger partial charge in [-0.15, -0.1) is 0 Å². The van der Waals surface area contributed by atoms with Crippen molar-refractivity contribution in [2.75, 3.05) is 0 Å². The van der Waals surface area contributed by atoms with Gasteiger partial charge in [0.2, 0.25) is 0 Å². The molecule has 1 aromatic rings.